The van der Waals surface area contributed by atoms with Crippen molar-refractivity contribution in [3.05, 3.63) is 89.5 Å². The second-order valence-electron chi connectivity index (χ2n) is 6.87. The molecule has 7 nitrogen and oxygen atoms in total. The molecule has 0 spiro atoms. The first-order chi connectivity index (χ1) is 15.0. The van der Waals surface area contributed by atoms with Gasteiger partial charge in [-0.05, 0) is 41.5 Å². The molecular formula is C24H23NO6. The molecule has 7 heteroatoms. The number of carbonyl (C=O) groups excluding carboxylic acids is 1. The quantitative estimate of drug-likeness (QED) is 0.489. The fraction of sp³-hybridized carbons (Fsp3) is 0.167. The zero-order chi connectivity index (χ0) is 22.2. The van der Waals surface area contributed by atoms with Crippen molar-refractivity contribution in [2.24, 2.45) is 0 Å². The molecule has 0 saturated carbocycles. The van der Waals surface area contributed by atoms with Crippen molar-refractivity contribution in [2.45, 2.75) is 19.1 Å². The minimum absolute atomic E-state index is 0.0801. The summed E-state index contributed by atoms with van der Waals surface area (Å²) in [6.07, 6.45) is 0.0801. The van der Waals surface area contributed by atoms with Crippen LogP contribution in [0.15, 0.2) is 72.8 Å². The van der Waals surface area contributed by atoms with Gasteiger partial charge in [-0.2, -0.15) is 0 Å². The number of amides is 1. The van der Waals surface area contributed by atoms with Gasteiger partial charge in [-0.15, -0.1) is 0 Å². The number of carbonyl (C=O) groups is 2. The summed E-state index contributed by atoms with van der Waals surface area (Å²) in [5.74, 6) is -0.771. The van der Waals surface area contributed by atoms with E-state index >= 15 is 0 Å². The summed E-state index contributed by atoms with van der Waals surface area (Å²) in [7, 11) is 1.47. The zero-order valence-electron chi connectivity index (χ0n) is 16.9. The third-order valence-corrected chi connectivity index (χ3v) is 4.64. The highest BCUT2D eigenvalue weighted by atomic mass is 16.5. The number of phenolic OH excluding ortho intramolecular Hbond substituents is 1. The zero-order valence-corrected chi connectivity index (χ0v) is 16.9. The Morgan fingerprint density at radius 1 is 0.935 bits per heavy atom. The van der Waals surface area contributed by atoms with Gasteiger partial charge in [0.05, 0.1) is 7.11 Å². The van der Waals surface area contributed by atoms with Crippen LogP contribution in [0, 0.1) is 0 Å². The van der Waals surface area contributed by atoms with E-state index < -0.39 is 17.9 Å². The Morgan fingerprint density at radius 2 is 1.65 bits per heavy atom. The number of methoxy groups -OCH3 is 1. The summed E-state index contributed by atoms with van der Waals surface area (Å²) in [5, 5.41) is 21.4. The van der Waals surface area contributed by atoms with Crippen molar-refractivity contribution >= 4 is 11.9 Å². The van der Waals surface area contributed by atoms with Crippen LogP contribution >= 0.6 is 0 Å². The molecule has 0 saturated heterocycles. The summed E-state index contributed by atoms with van der Waals surface area (Å²) >= 11 is 0. The van der Waals surface area contributed by atoms with Crippen LogP contribution in [0.4, 0.5) is 0 Å². The maximum absolute atomic E-state index is 12.7. The van der Waals surface area contributed by atoms with Crippen molar-refractivity contribution in [3.8, 4) is 17.2 Å². The normalized spacial score (nSPS) is 11.4. The van der Waals surface area contributed by atoms with Crippen LogP contribution in [0.1, 0.15) is 21.5 Å². The Balaban J connectivity index is 1.69. The Morgan fingerprint density at radius 3 is 2.29 bits per heavy atom. The molecular weight excluding hydrogens is 398 g/mol. The van der Waals surface area contributed by atoms with Crippen LogP contribution < -0.4 is 14.8 Å². The molecule has 0 bridgehead atoms. The highest BCUT2D eigenvalue weighted by molar-refractivity contribution is 5.97. The lowest BCUT2D eigenvalue weighted by atomic mass is 10.1. The predicted octanol–water partition coefficient (Wildman–Crippen LogP) is 3.41. The van der Waals surface area contributed by atoms with E-state index in [2.05, 4.69) is 5.32 Å². The standard InChI is InChI=1S/C24H23NO6/c1-30-22-14-18(9-12-21(22)31-15-17-5-3-2-4-6-17)23(27)25-20(24(28)29)13-16-7-10-19(26)11-8-16/h2-12,14,20,26H,13,15H2,1H3,(H,25,27)(H,28,29)/t20-/m1/s1. The molecule has 3 rings (SSSR count). The van der Waals surface area contributed by atoms with E-state index in [1.54, 1.807) is 24.3 Å². The van der Waals surface area contributed by atoms with Gasteiger partial charge in [0.15, 0.2) is 11.5 Å². The van der Waals surface area contributed by atoms with E-state index in [-0.39, 0.29) is 17.7 Å². The predicted molar refractivity (Wildman–Crippen MR) is 114 cm³/mol. The summed E-state index contributed by atoms with van der Waals surface area (Å²) in [6.45, 7) is 0.344. The number of phenols is 1. The summed E-state index contributed by atoms with van der Waals surface area (Å²) in [4.78, 5) is 24.3. The first-order valence-electron chi connectivity index (χ1n) is 9.62. The topological polar surface area (TPSA) is 105 Å². The number of aromatic hydroxyl groups is 1. The average molecular weight is 421 g/mol. The van der Waals surface area contributed by atoms with E-state index in [4.69, 9.17) is 9.47 Å². The van der Waals surface area contributed by atoms with E-state index in [1.165, 1.54) is 25.3 Å². The molecule has 0 heterocycles. The summed E-state index contributed by atoms with van der Waals surface area (Å²) in [5.41, 5.74) is 1.92. The third kappa shape index (κ3) is 5.99. The average Bonchev–Trinajstić information content (AvgIpc) is 2.79. The van der Waals surface area contributed by atoms with Crippen LogP contribution in [0.25, 0.3) is 0 Å². The van der Waals surface area contributed by atoms with Crippen molar-refractivity contribution < 1.29 is 29.3 Å². The minimum atomic E-state index is -1.16. The number of benzene rings is 3. The Kier molecular flexibility index (Phi) is 7.11. The van der Waals surface area contributed by atoms with E-state index in [0.29, 0.717) is 23.7 Å². The highest BCUT2D eigenvalue weighted by Crippen LogP contribution is 2.29. The van der Waals surface area contributed by atoms with E-state index in [9.17, 15) is 19.8 Å². The number of hydrogen-bond acceptors (Lipinski definition) is 5. The number of hydrogen-bond donors (Lipinski definition) is 3. The van der Waals surface area contributed by atoms with Gasteiger partial charge in [-0.25, -0.2) is 4.79 Å². The molecule has 0 radical (unpaired) electrons. The molecule has 0 aliphatic rings. The molecule has 1 atom stereocenters. The van der Waals surface area contributed by atoms with Gasteiger partial charge in [0.25, 0.3) is 5.91 Å². The molecule has 3 N–H and O–H groups in total. The smallest absolute Gasteiger partial charge is 0.326 e. The molecule has 0 aliphatic heterocycles. The SMILES string of the molecule is COc1cc(C(=O)N[C@H](Cc2ccc(O)cc2)C(=O)O)ccc1OCc1ccccc1. The number of aliphatic carboxylic acids is 1. The molecule has 160 valence electrons. The molecule has 0 aromatic heterocycles. The lowest BCUT2D eigenvalue weighted by Crippen LogP contribution is -2.42. The Hall–Kier alpha value is -4.00. The number of nitrogens with one attached hydrogen (secondary N) is 1. The van der Waals surface area contributed by atoms with Crippen LogP contribution in [0.5, 0.6) is 17.2 Å². The van der Waals surface area contributed by atoms with Crippen LogP contribution in [-0.2, 0) is 17.8 Å². The number of carboxylic acids is 1. The fourth-order valence-corrected chi connectivity index (χ4v) is 2.97. The van der Waals surface area contributed by atoms with Gasteiger partial charge in [-0.3, -0.25) is 4.79 Å². The van der Waals surface area contributed by atoms with Crippen LogP contribution in [0.2, 0.25) is 0 Å². The van der Waals surface area contributed by atoms with Gasteiger partial charge in [0.1, 0.15) is 18.4 Å². The maximum Gasteiger partial charge on any atom is 0.326 e. The molecule has 0 unspecified atom stereocenters. The van der Waals surface area contributed by atoms with Gasteiger partial charge in [0, 0.05) is 12.0 Å². The van der Waals surface area contributed by atoms with Crippen molar-refractivity contribution in [2.75, 3.05) is 7.11 Å². The lowest BCUT2D eigenvalue weighted by Gasteiger charge is -2.16. The second kappa shape index (κ2) is 10.2. The van der Waals surface area contributed by atoms with Crippen molar-refractivity contribution in [1.82, 2.24) is 5.32 Å². The van der Waals surface area contributed by atoms with Crippen LogP contribution in [0.3, 0.4) is 0 Å². The first-order valence-corrected chi connectivity index (χ1v) is 9.62. The second-order valence-corrected chi connectivity index (χ2v) is 6.87. The highest BCUT2D eigenvalue weighted by Gasteiger charge is 2.22. The molecule has 1 amide bonds. The fourth-order valence-electron chi connectivity index (χ4n) is 2.97. The monoisotopic (exact) mass is 421 g/mol. The molecule has 0 aliphatic carbocycles. The molecule has 3 aromatic rings. The van der Waals surface area contributed by atoms with E-state index in [0.717, 1.165) is 5.56 Å². The van der Waals surface area contributed by atoms with Gasteiger partial charge >= 0.3 is 5.97 Å². The number of rotatable bonds is 9. The first kappa shape index (κ1) is 21.7. The van der Waals surface area contributed by atoms with Crippen LogP contribution in [-0.4, -0.2) is 35.2 Å². The van der Waals surface area contributed by atoms with Crippen molar-refractivity contribution in [3.63, 3.8) is 0 Å². The third-order valence-electron chi connectivity index (χ3n) is 4.64. The summed E-state index contributed by atoms with van der Waals surface area (Å²) in [6, 6.07) is 19.3. The summed E-state index contributed by atoms with van der Waals surface area (Å²) < 4.78 is 11.1. The Labute approximate surface area is 179 Å². The lowest BCUT2D eigenvalue weighted by molar-refractivity contribution is -0.139. The van der Waals surface area contributed by atoms with Gasteiger partial charge in [-0.1, -0.05) is 42.5 Å². The largest absolute Gasteiger partial charge is 0.508 e. The maximum atomic E-state index is 12.7. The van der Waals surface area contributed by atoms with Crippen molar-refractivity contribution in [1.29, 1.82) is 0 Å². The molecule has 3 aromatic carbocycles. The number of ether oxygens (including phenoxy) is 2. The van der Waals surface area contributed by atoms with Gasteiger partial charge < -0.3 is 25.0 Å². The minimum Gasteiger partial charge on any atom is -0.508 e. The number of carboxylic acid groups (broad SMARTS) is 1. The van der Waals surface area contributed by atoms with Gasteiger partial charge in [0.2, 0.25) is 0 Å². The molecule has 31 heavy (non-hydrogen) atoms. The molecule has 0 fully saturated rings. The Bertz CT molecular complexity index is 1030. The van der Waals surface area contributed by atoms with E-state index in [1.807, 2.05) is 30.3 Å².